The van der Waals surface area contributed by atoms with E-state index in [1.807, 2.05) is 20.8 Å². The summed E-state index contributed by atoms with van der Waals surface area (Å²) in [6.45, 7) is 5.62. The third-order valence-electron chi connectivity index (χ3n) is 1.93. The van der Waals surface area contributed by atoms with E-state index < -0.39 is 5.54 Å². The van der Waals surface area contributed by atoms with Crippen LogP contribution in [0.1, 0.15) is 26.6 Å². The van der Waals surface area contributed by atoms with Gasteiger partial charge in [-0.3, -0.25) is 4.79 Å². The Morgan fingerprint density at radius 2 is 2.33 bits per heavy atom. The highest BCUT2D eigenvalue weighted by molar-refractivity contribution is 5.39. The molecule has 4 nitrogen and oxygen atoms in total. The molecule has 0 fully saturated rings. The molecule has 15 heavy (non-hydrogen) atoms. The number of rotatable bonds is 3. The summed E-state index contributed by atoms with van der Waals surface area (Å²) < 4.78 is 0. The highest BCUT2D eigenvalue weighted by atomic mass is 16.1. The summed E-state index contributed by atoms with van der Waals surface area (Å²) in [7, 11) is 0. The molecule has 4 heteroatoms. The second kappa shape index (κ2) is 4.18. The number of H-pyrrole nitrogens is 1. The summed E-state index contributed by atoms with van der Waals surface area (Å²) in [4.78, 5) is 18.1. The topological polar surface area (TPSA) is 57.8 Å². The Labute approximate surface area is 89.1 Å². The first-order chi connectivity index (χ1) is 6.96. The zero-order valence-electron chi connectivity index (χ0n) is 9.22. The van der Waals surface area contributed by atoms with Crippen LogP contribution in [-0.4, -0.2) is 15.5 Å². The van der Waals surface area contributed by atoms with E-state index in [1.165, 1.54) is 6.07 Å². The number of aromatic nitrogens is 2. The molecule has 0 unspecified atom stereocenters. The fraction of sp³-hybridized carbons (Fsp3) is 0.455. The second-order valence-electron chi connectivity index (χ2n) is 3.83. The summed E-state index contributed by atoms with van der Waals surface area (Å²) in [5, 5.41) is 3.02. The summed E-state index contributed by atoms with van der Waals surface area (Å²) >= 11 is 0. The van der Waals surface area contributed by atoms with Crippen LogP contribution in [0, 0.1) is 12.3 Å². The SMILES string of the molecule is C#CC(C)(C)Nc1cc(=O)[nH]c(CC)n1. The molecule has 0 radical (unpaired) electrons. The Hall–Kier alpha value is -1.76. The van der Waals surface area contributed by atoms with E-state index in [0.29, 0.717) is 18.1 Å². The van der Waals surface area contributed by atoms with Crippen molar-refractivity contribution in [2.45, 2.75) is 32.7 Å². The zero-order valence-corrected chi connectivity index (χ0v) is 9.22. The third kappa shape index (κ3) is 3.13. The highest BCUT2D eigenvalue weighted by Gasteiger charge is 2.14. The molecule has 2 N–H and O–H groups in total. The molecule has 0 amide bonds. The Morgan fingerprint density at radius 1 is 1.67 bits per heavy atom. The number of terminal acetylenes is 1. The lowest BCUT2D eigenvalue weighted by Gasteiger charge is -2.20. The molecule has 0 spiro atoms. The maximum atomic E-state index is 11.3. The lowest BCUT2D eigenvalue weighted by Crippen LogP contribution is -2.30. The van der Waals surface area contributed by atoms with Crippen molar-refractivity contribution in [3.63, 3.8) is 0 Å². The molecule has 1 aromatic heterocycles. The Bertz CT molecular complexity index is 440. The van der Waals surface area contributed by atoms with Gasteiger partial charge in [0.05, 0.1) is 5.54 Å². The quantitative estimate of drug-likeness (QED) is 0.728. The molecule has 0 bridgehead atoms. The highest BCUT2D eigenvalue weighted by Crippen LogP contribution is 2.09. The molecule has 1 rings (SSSR count). The van der Waals surface area contributed by atoms with Crippen LogP contribution in [0.2, 0.25) is 0 Å². The van der Waals surface area contributed by atoms with Crippen molar-refractivity contribution in [2.75, 3.05) is 5.32 Å². The average molecular weight is 205 g/mol. The smallest absolute Gasteiger partial charge is 0.252 e. The predicted octanol–water partition coefficient (Wildman–Crippen LogP) is 1.16. The molecule has 0 aromatic carbocycles. The summed E-state index contributed by atoms with van der Waals surface area (Å²) in [6, 6.07) is 1.40. The Morgan fingerprint density at radius 3 is 2.87 bits per heavy atom. The minimum absolute atomic E-state index is 0.169. The van der Waals surface area contributed by atoms with Gasteiger partial charge in [0, 0.05) is 12.5 Å². The third-order valence-corrected chi connectivity index (χ3v) is 1.93. The van der Waals surface area contributed by atoms with Crippen LogP contribution >= 0.6 is 0 Å². The molecule has 0 aliphatic heterocycles. The van der Waals surface area contributed by atoms with Crippen molar-refractivity contribution in [1.82, 2.24) is 9.97 Å². The molecule has 1 heterocycles. The molecule has 0 saturated carbocycles. The van der Waals surface area contributed by atoms with Gasteiger partial charge in [-0.1, -0.05) is 12.8 Å². The number of nitrogens with zero attached hydrogens (tertiary/aromatic N) is 1. The maximum absolute atomic E-state index is 11.3. The molecular weight excluding hydrogens is 190 g/mol. The number of hydrogen-bond acceptors (Lipinski definition) is 3. The number of hydrogen-bond donors (Lipinski definition) is 2. The van der Waals surface area contributed by atoms with Gasteiger partial charge >= 0.3 is 0 Å². The van der Waals surface area contributed by atoms with E-state index in [-0.39, 0.29) is 5.56 Å². The Kier molecular flexibility index (Phi) is 3.15. The van der Waals surface area contributed by atoms with Crippen LogP contribution < -0.4 is 10.9 Å². The molecular formula is C11H15N3O. The van der Waals surface area contributed by atoms with Gasteiger partial charge in [-0.25, -0.2) is 4.98 Å². The summed E-state index contributed by atoms with van der Waals surface area (Å²) in [5.41, 5.74) is -0.677. The largest absolute Gasteiger partial charge is 0.354 e. The average Bonchev–Trinajstić information content (AvgIpc) is 2.16. The van der Waals surface area contributed by atoms with Crippen molar-refractivity contribution in [3.8, 4) is 12.3 Å². The van der Waals surface area contributed by atoms with Crippen LogP contribution in [0.4, 0.5) is 5.82 Å². The van der Waals surface area contributed by atoms with E-state index >= 15 is 0 Å². The van der Waals surface area contributed by atoms with Gasteiger partial charge in [0.2, 0.25) is 0 Å². The maximum Gasteiger partial charge on any atom is 0.252 e. The van der Waals surface area contributed by atoms with Gasteiger partial charge in [0.15, 0.2) is 0 Å². The van der Waals surface area contributed by atoms with E-state index in [2.05, 4.69) is 21.2 Å². The van der Waals surface area contributed by atoms with Crippen molar-refractivity contribution in [3.05, 3.63) is 22.2 Å². The van der Waals surface area contributed by atoms with Crippen LogP contribution in [-0.2, 0) is 6.42 Å². The Balaban J connectivity index is 3.02. The van der Waals surface area contributed by atoms with Crippen LogP contribution in [0.15, 0.2) is 10.9 Å². The monoisotopic (exact) mass is 205 g/mol. The number of nitrogens with one attached hydrogen (secondary N) is 2. The normalized spacial score (nSPS) is 10.8. The van der Waals surface area contributed by atoms with Crippen LogP contribution in [0.5, 0.6) is 0 Å². The second-order valence-corrected chi connectivity index (χ2v) is 3.83. The van der Waals surface area contributed by atoms with E-state index in [1.54, 1.807) is 0 Å². The minimum Gasteiger partial charge on any atom is -0.354 e. The zero-order chi connectivity index (χ0) is 11.5. The van der Waals surface area contributed by atoms with Gasteiger partial charge in [0.25, 0.3) is 5.56 Å². The van der Waals surface area contributed by atoms with Crippen molar-refractivity contribution in [1.29, 1.82) is 0 Å². The molecule has 0 atom stereocenters. The standard InChI is InChI=1S/C11H15N3O/c1-5-8-12-9(7-10(15)13-8)14-11(3,4)6-2/h2,7H,5H2,1,3-4H3,(H2,12,13,14,15). The molecule has 80 valence electrons. The number of anilines is 1. The van der Waals surface area contributed by atoms with Crippen molar-refractivity contribution < 1.29 is 0 Å². The van der Waals surface area contributed by atoms with E-state index in [0.717, 1.165) is 0 Å². The van der Waals surface area contributed by atoms with Gasteiger partial charge in [-0.2, -0.15) is 0 Å². The lowest BCUT2D eigenvalue weighted by atomic mass is 10.1. The molecule has 0 saturated heterocycles. The minimum atomic E-state index is -0.508. The van der Waals surface area contributed by atoms with Crippen LogP contribution in [0.3, 0.4) is 0 Å². The molecule has 0 aliphatic carbocycles. The first kappa shape index (κ1) is 11.3. The molecule has 0 aliphatic rings. The first-order valence-electron chi connectivity index (χ1n) is 4.83. The fourth-order valence-electron chi connectivity index (χ4n) is 1.10. The number of aryl methyl sites for hydroxylation is 1. The van der Waals surface area contributed by atoms with E-state index in [9.17, 15) is 4.79 Å². The molecule has 1 aromatic rings. The first-order valence-corrected chi connectivity index (χ1v) is 4.83. The van der Waals surface area contributed by atoms with Gasteiger partial charge in [-0.15, -0.1) is 6.42 Å². The van der Waals surface area contributed by atoms with Gasteiger partial charge < -0.3 is 10.3 Å². The van der Waals surface area contributed by atoms with Gasteiger partial charge in [0.1, 0.15) is 11.6 Å². The van der Waals surface area contributed by atoms with Crippen LogP contribution in [0.25, 0.3) is 0 Å². The van der Waals surface area contributed by atoms with Gasteiger partial charge in [-0.05, 0) is 13.8 Å². The summed E-state index contributed by atoms with van der Waals surface area (Å²) in [6.07, 6.45) is 6.02. The van der Waals surface area contributed by atoms with E-state index in [4.69, 9.17) is 6.42 Å². The fourth-order valence-corrected chi connectivity index (χ4v) is 1.10. The number of aromatic amines is 1. The predicted molar refractivity (Wildman–Crippen MR) is 60.8 cm³/mol. The summed E-state index contributed by atoms with van der Waals surface area (Å²) in [5.74, 6) is 3.75. The lowest BCUT2D eigenvalue weighted by molar-refractivity contribution is 0.731. The van der Waals surface area contributed by atoms with Crippen molar-refractivity contribution >= 4 is 5.82 Å². The van der Waals surface area contributed by atoms with Crippen molar-refractivity contribution in [2.24, 2.45) is 0 Å².